The standard InChI is InChI=1S/C12H14BrNO3S/c1-6(2)14-10(15)5-7(12(16)17)11(14)8-3-4-9(13)18-8/h3-4,6-7,11H,5H2,1-2H3,(H,16,17). The first-order valence-electron chi connectivity index (χ1n) is 5.71. The number of carbonyl (C=O) groups excluding carboxylic acids is 1. The number of likely N-dealkylation sites (tertiary alicyclic amines) is 1. The lowest BCUT2D eigenvalue weighted by atomic mass is 9.99. The first-order valence-corrected chi connectivity index (χ1v) is 7.32. The Bertz CT molecular complexity index is 485. The van der Waals surface area contributed by atoms with Gasteiger partial charge in [-0.3, -0.25) is 9.59 Å². The Hall–Kier alpha value is -0.880. The molecule has 2 atom stereocenters. The SMILES string of the molecule is CC(C)N1C(=O)CC(C(=O)O)C1c1ccc(Br)s1. The van der Waals surface area contributed by atoms with E-state index in [0.29, 0.717) is 0 Å². The second-order valence-corrected chi connectivity index (χ2v) is 7.12. The normalized spacial score (nSPS) is 24.0. The quantitative estimate of drug-likeness (QED) is 0.926. The van der Waals surface area contributed by atoms with E-state index in [1.54, 1.807) is 4.90 Å². The van der Waals surface area contributed by atoms with E-state index in [1.807, 2.05) is 26.0 Å². The summed E-state index contributed by atoms with van der Waals surface area (Å²) in [4.78, 5) is 25.9. The maximum atomic E-state index is 12.0. The summed E-state index contributed by atoms with van der Waals surface area (Å²) in [6, 6.07) is 3.45. The lowest BCUT2D eigenvalue weighted by Gasteiger charge is -2.29. The molecule has 4 nitrogen and oxygen atoms in total. The van der Waals surface area contributed by atoms with Crippen molar-refractivity contribution < 1.29 is 14.7 Å². The molecule has 1 aliphatic rings. The molecule has 1 aromatic heterocycles. The molecule has 2 heterocycles. The van der Waals surface area contributed by atoms with Crippen LogP contribution >= 0.6 is 27.3 Å². The van der Waals surface area contributed by atoms with Gasteiger partial charge >= 0.3 is 5.97 Å². The second kappa shape index (κ2) is 5.01. The number of hydrogen-bond acceptors (Lipinski definition) is 3. The third-order valence-electron chi connectivity index (χ3n) is 3.12. The minimum atomic E-state index is -0.902. The van der Waals surface area contributed by atoms with Gasteiger partial charge in [0.2, 0.25) is 5.91 Å². The summed E-state index contributed by atoms with van der Waals surface area (Å²) in [7, 11) is 0. The predicted octanol–water partition coefficient (Wildman–Crippen LogP) is 2.89. The van der Waals surface area contributed by atoms with Crippen molar-refractivity contribution in [3.63, 3.8) is 0 Å². The van der Waals surface area contributed by atoms with E-state index in [9.17, 15) is 14.7 Å². The fraction of sp³-hybridized carbons (Fsp3) is 0.500. The predicted molar refractivity (Wildman–Crippen MR) is 72.5 cm³/mol. The monoisotopic (exact) mass is 331 g/mol. The zero-order valence-electron chi connectivity index (χ0n) is 10.1. The van der Waals surface area contributed by atoms with Gasteiger partial charge in [0.25, 0.3) is 0 Å². The molecule has 18 heavy (non-hydrogen) atoms. The van der Waals surface area contributed by atoms with E-state index >= 15 is 0 Å². The van der Waals surface area contributed by atoms with Crippen molar-refractivity contribution in [2.45, 2.75) is 32.4 Å². The van der Waals surface area contributed by atoms with Crippen LogP contribution in [-0.2, 0) is 9.59 Å². The van der Waals surface area contributed by atoms with Gasteiger partial charge in [-0.25, -0.2) is 0 Å². The molecule has 1 aromatic rings. The lowest BCUT2D eigenvalue weighted by Crippen LogP contribution is -2.35. The molecule has 1 aliphatic heterocycles. The van der Waals surface area contributed by atoms with Crippen molar-refractivity contribution in [1.82, 2.24) is 4.90 Å². The van der Waals surface area contributed by atoms with Gasteiger partial charge in [0, 0.05) is 17.3 Å². The molecule has 1 N–H and O–H groups in total. The third kappa shape index (κ3) is 2.31. The van der Waals surface area contributed by atoms with Crippen molar-refractivity contribution in [2.24, 2.45) is 5.92 Å². The van der Waals surface area contributed by atoms with Crippen LogP contribution in [0.1, 0.15) is 31.2 Å². The van der Waals surface area contributed by atoms with E-state index in [0.717, 1.165) is 8.66 Å². The Morgan fingerprint density at radius 3 is 2.67 bits per heavy atom. The largest absolute Gasteiger partial charge is 0.481 e. The Morgan fingerprint density at radius 2 is 2.22 bits per heavy atom. The van der Waals surface area contributed by atoms with Crippen LogP contribution in [-0.4, -0.2) is 27.9 Å². The molecule has 1 saturated heterocycles. The highest BCUT2D eigenvalue weighted by atomic mass is 79.9. The Kier molecular flexibility index (Phi) is 3.77. The highest BCUT2D eigenvalue weighted by molar-refractivity contribution is 9.11. The number of nitrogens with zero attached hydrogens (tertiary/aromatic N) is 1. The fourth-order valence-corrected chi connectivity index (χ4v) is 4.00. The van der Waals surface area contributed by atoms with E-state index in [1.165, 1.54) is 11.3 Å². The summed E-state index contributed by atoms with van der Waals surface area (Å²) in [6.45, 7) is 3.83. The zero-order chi connectivity index (χ0) is 13.4. The van der Waals surface area contributed by atoms with Gasteiger partial charge in [0.1, 0.15) is 0 Å². The number of thiophene rings is 1. The molecule has 0 spiro atoms. The smallest absolute Gasteiger partial charge is 0.309 e. The van der Waals surface area contributed by atoms with Crippen LogP contribution in [0, 0.1) is 5.92 Å². The topological polar surface area (TPSA) is 57.6 Å². The highest BCUT2D eigenvalue weighted by Crippen LogP contribution is 2.43. The zero-order valence-corrected chi connectivity index (χ0v) is 12.5. The number of aliphatic carboxylic acids is 1. The van der Waals surface area contributed by atoms with Crippen molar-refractivity contribution in [1.29, 1.82) is 0 Å². The van der Waals surface area contributed by atoms with Crippen LogP contribution in [0.25, 0.3) is 0 Å². The molecule has 6 heteroatoms. The third-order valence-corrected chi connectivity index (χ3v) is 4.82. The first kappa shape index (κ1) is 13.5. The van der Waals surface area contributed by atoms with Gasteiger partial charge in [-0.2, -0.15) is 0 Å². The van der Waals surface area contributed by atoms with Crippen LogP contribution < -0.4 is 0 Å². The highest BCUT2D eigenvalue weighted by Gasteiger charge is 2.46. The van der Waals surface area contributed by atoms with Gasteiger partial charge < -0.3 is 10.0 Å². The first-order chi connectivity index (χ1) is 8.41. The molecule has 2 rings (SSSR count). The van der Waals surface area contributed by atoms with Crippen molar-refractivity contribution in [3.05, 3.63) is 20.8 Å². The maximum Gasteiger partial charge on any atom is 0.309 e. The minimum absolute atomic E-state index is 0.00715. The molecule has 0 saturated carbocycles. The molecule has 0 aliphatic carbocycles. The molecule has 2 unspecified atom stereocenters. The summed E-state index contributed by atoms with van der Waals surface area (Å²) in [5, 5.41) is 9.28. The molecule has 98 valence electrons. The lowest BCUT2D eigenvalue weighted by molar-refractivity contribution is -0.142. The summed E-state index contributed by atoms with van der Waals surface area (Å²) in [6.07, 6.45) is 0.0910. The van der Waals surface area contributed by atoms with Crippen LogP contribution in [0.5, 0.6) is 0 Å². The van der Waals surface area contributed by atoms with Gasteiger partial charge in [-0.15, -0.1) is 11.3 Å². The van der Waals surface area contributed by atoms with E-state index < -0.39 is 11.9 Å². The number of rotatable bonds is 3. The summed E-state index contributed by atoms with van der Waals surface area (Å²) >= 11 is 4.86. The molecular weight excluding hydrogens is 318 g/mol. The van der Waals surface area contributed by atoms with Crippen molar-refractivity contribution >= 4 is 39.1 Å². The van der Waals surface area contributed by atoms with E-state index in [4.69, 9.17) is 0 Å². The van der Waals surface area contributed by atoms with Crippen LogP contribution in [0.4, 0.5) is 0 Å². The number of carbonyl (C=O) groups is 2. The number of hydrogen-bond donors (Lipinski definition) is 1. The summed E-state index contributed by atoms with van der Waals surface area (Å²) in [5.41, 5.74) is 0. The second-order valence-electron chi connectivity index (χ2n) is 4.63. The molecule has 1 fully saturated rings. The number of carboxylic acids is 1. The number of carboxylic acid groups (broad SMARTS) is 1. The molecule has 0 bridgehead atoms. The maximum absolute atomic E-state index is 12.0. The number of amides is 1. The van der Waals surface area contributed by atoms with Crippen molar-refractivity contribution in [3.8, 4) is 0 Å². The fourth-order valence-electron chi connectivity index (χ4n) is 2.41. The summed E-state index contributed by atoms with van der Waals surface area (Å²) < 4.78 is 0.949. The van der Waals surface area contributed by atoms with Gasteiger partial charge in [-0.05, 0) is 41.9 Å². The molecular formula is C12H14BrNO3S. The van der Waals surface area contributed by atoms with Crippen molar-refractivity contribution in [2.75, 3.05) is 0 Å². The van der Waals surface area contributed by atoms with Gasteiger partial charge in [-0.1, -0.05) is 0 Å². The summed E-state index contributed by atoms with van der Waals surface area (Å²) in [5.74, 6) is -1.63. The van der Waals surface area contributed by atoms with Gasteiger partial charge in [0.05, 0.1) is 15.7 Å². The molecule has 1 amide bonds. The van der Waals surface area contributed by atoms with Gasteiger partial charge in [0.15, 0.2) is 0 Å². The average molecular weight is 332 g/mol. The Labute approximate surface area is 118 Å². The average Bonchev–Trinajstić information content (AvgIpc) is 2.81. The van der Waals surface area contributed by atoms with E-state index in [2.05, 4.69) is 15.9 Å². The molecule has 0 radical (unpaired) electrons. The number of halogens is 1. The van der Waals surface area contributed by atoms with Crippen LogP contribution in [0.2, 0.25) is 0 Å². The minimum Gasteiger partial charge on any atom is -0.481 e. The van der Waals surface area contributed by atoms with Crippen LogP contribution in [0.15, 0.2) is 15.9 Å². The molecule has 0 aromatic carbocycles. The van der Waals surface area contributed by atoms with E-state index in [-0.39, 0.29) is 24.4 Å². The van der Waals surface area contributed by atoms with Crippen LogP contribution in [0.3, 0.4) is 0 Å². The Morgan fingerprint density at radius 1 is 1.56 bits per heavy atom. The Balaban J connectivity index is 2.42.